The molecule has 0 aromatic heterocycles. The molecule has 0 bridgehead atoms. The van der Waals surface area contributed by atoms with Crippen LogP contribution >= 0.6 is 61.1 Å². The van der Waals surface area contributed by atoms with E-state index in [0.717, 1.165) is 6.92 Å². The Balaban J connectivity index is 2.55. The molecular formula is C22H29BrI2O13. The van der Waals surface area contributed by atoms with E-state index < -0.39 is 83.4 Å². The van der Waals surface area contributed by atoms with E-state index in [2.05, 4.69) is 15.9 Å². The largest absolute Gasteiger partial charge is 0.463 e. The summed E-state index contributed by atoms with van der Waals surface area (Å²) in [6, 6.07) is 0. The molecular weight excluding hydrogens is 806 g/mol. The second-order valence-corrected chi connectivity index (χ2v) is 11.1. The summed E-state index contributed by atoms with van der Waals surface area (Å²) in [5, 5.41) is 0. The second-order valence-electron chi connectivity index (χ2n) is 8.42. The topological polar surface area (TPSA) is 159 Å². The molecule has 0 radical (unpaired) electrons. The minimum absolute atomic E-state index is 0.0465. The summed E-state index contributed by atoms with van der Waals surface area (Å²) in [5.74, 6) is -5.03. The highest BCUT2D eigenvalue weighted by molar-refractivity contribution is 14.1. The molecule has 0 spiro atoms. The summed E-state index contributed by atoms with van der Waals surface area (Å²) >= 11 is 7.38. The zero-order valence-electron chi connectivity index (χ0n) is 21.2. The van der Waals surface area contributed by atoms with Crippen LogP contribution in [0, 0.1) is 0 Å². The Morgan fingerprint density at radius 2 is 1.29 bits per heavy atom. The van der Waals surface area contributed by atoms with Crippen LogP contribution in [0.3, 0.4) is 0 Å². The molecule has 2 aliphatic heterocycles. The van der Waals surface area contributed by atoms with Crippen LogP contribution in [0.15, 0.2) is 0 Å². The lowest BCUT2D eigenvalue weighted by Gasteiger charge is -2.45. The zero-order chi connectivity index (χ0) is 28.8. The van der Waals surface area contributed by atoms with Gasteiger partial charge in [0.25, 0.3) is 0 Å². The molecule has 2 aliphatic rings. The van der Waals surface area contributed by atoms with Crippen molar-refractivity contribution in [3.05, 3.63) is 0 Å². The number of rotatable bonds is 10. The minimum atomic E-state index is -1.74. The number of alkyl halides is 3. The standard InChI is InChI=1S/C22H29BrI2O13/c1-9(26)31-7-15-16(23)18(33-11(3)28)19(34-12(4)29)21(36-15)38-22(8-25)20(35-13(5)30)17(32-10(2)27)14(6-24)37-22/h14-21H,6-8H2,1-5H3/t14-,15-,16-,17-,18+,19-,20+,21-,22+/m1/s1. The molecule has 216 valence electrons. The summed E-state index contributed by atoms with van der Waals surface area (Å²) < 4.78 is 45.9. The van der Waals surface area contributed by atoms with E-state index >= 15 is 0 Å². The third kappa shape index (κ3) is 8.58. The van der Waals surface area contributed by atoms with E-state index in [1.165, 1.54) is 27.7 Å². The van der Waals surface area contributed by atoms with Gasteiger partial charge in [0, 0.05) is 39.0 Å². The Hall–Kier alpha value is -0.830. The number of ether oxygens (including phenoxy) is 8. The average Bonchev–Trinajstić information content (AvgIpc) is 3.08. The Kier molecular flexibility index (Phi) is 12.9. The van der Waals surface area contributed by atoms with E-state index in [4.69, 9.17) is 37.9 Å². The smallest absolute Gasteiger partial charge is 0.303 e. The number of carbonyl (C=O) groups excluding carboxylic acids is 5. The first-order valence-electron chi connectivity index (χ1n) is 11.3. The molecule has 9 atom stereocenters. The summed E-state index contributed by atoms with van der Waals surface area (Å²) in [5.41, 5.74) is 0. The van der Waals surface area contributed by atoms with Crippen LogP contribution in [0.4, 0.5) is 0 Å². The Morgan fingerprint density at radius 3 is 1.76 bits per heavy atom. The molecule has 0 amide bonds. The van der Waals surface area contributed by atoms with Gasteiger partial charge in [0.15, 0.2) is 24.4 Å². The van der Waals surface area contributed by atoms with Gasteiger partial charge in [-0.25, -0.2) is 0 Å². The Morgan fingerprint density at radius 1 is 0.763 bits per heavy atom. The number of halogens is 3. The van der Waals surface area contributed by atoms with Crippen LogP contribution in [0.5, 0.6) is 0 Å². The number of esters is 5. The summed E-state index contributed by atoms with van der Waals surface area (Å²) in [6.45, 7) is 5.68. The van der Waals surface area contributed by atoms with Gasteiger partial charge in [-0.05, 0) is 0 Å². The van der Waals surface area contributed by atoms with Gasteiger partial charge in [-0.1, -0.05) is 61.1 Å². The highest BCUT2D eigenvalue weighted by atomic mass is 127. The van der Waals surface area contributed by atoms with E-state index in [9.17, 15) is 24.0 Å². The first-order valence-corrected chi connectivity index (χ1v) is 15.3. The molecule has 2 rings (SSSR count). The summed E-state index contributed by atoms with van der Waals surface area (Å²) in [4.78, 5) is 58.6. The lowest BCUT2D eigenvalue weighted by molar-refractivity contribution is -0.357. The third-order valence-corrected chi connectivity index (χ3v) is 8.37. The fourth-order valence-corrected chi connectivity index (χ4v) is 6.15. The summed E-state index contributed by atoms with van der Waals surface area (Å²) in [6.07, 6.45) is -7.84. The lowest BCUT2D eigenvalue weighted by Crippen LogP contribution is -2.63. The van der Waals surface area contributed by atoms with Crippen LogP contribution in [0.2, 0.25) is 0 Å². The Bertz CT molecular complexity index is 904. The van der Waals surface area contributed by atoms with E-state index in [1.54, 1.807) is 0 Å². The highest BCUT2D eigenvalue weighted by Crippen LogP contribution is 2.42. The predicted molar refractivity (Wildman–Crippen MR) is 147 cm³/mol. The van der Waals surface area contributed by atoms with Gasteiger partial charge in [0.1, 0.15) is 18.8 Å². The highest BCUT2D eigenvalue weighted by Gasteiger charge is 2.62. The maximum absolute atomic E-state index is 12.1. The fourth-order valence-electron chi connectivity index (χ4n) is 3.99. The average molecular weight is 835 g/mol. The predicted octanol–water partition coefficient (Wildman–Crippen LogP) is 1.75. The van der Waals surface area contributed by atoms with E-state index in [1.807, 2.05) is 45.2 Å². The number of hydrogen-bond acceptors (Lipinski definition) is 13. The van der Waals surface area contributed by atoms with Gasteiger partial charge >= 0.3 is 29.8 Å². The quantitative estimate of drug-likeness (QED) is 0.136. The monoisotopic (exact) mass is 834 g/mol. The van der Waals surface area contributed by atoms with Crippen LogP contribution in [-0.4, -0.2) is 98.8 Å². The van der Waals surface area contributed by atoms with Crippen molar-refractivity contribution in [1.82, 2.24) is 0 Å². The van der Waals surface area contributed by atoms with Crippen molar-refractivity contribution in [3.63, 3.8) is 0 Å². The molecule has 2 heterocycles. The van der Waals surface area contributed by atoms with Crippen molar-refractivity contribution in [1.29, 1.82) is 0 Å². The van der Waals surface area contributed by atoms with Crippen molar-refractivity contribution in [3.8, 4) is 0 Å². The van der Waals surface area contributed by atoms with Gasteiger partial charge in [-0.15, -0.1) is 0 Å². The van der Waals surface area contributed by atoms with Gasteiger partial charge in [0.05, 0.1) is 9.25 Å². The minimum Gasteiger partial charge on any atom is -0.463 e. The molecule has 13 nitrogen and oxygen atoms in total. The lowest BCUT2D eigenvalue weighted by atomic mass is 10.0. The van der Waals surface area contributed by atoms with Crippen molar-refractivity contribution >= 4 is 91.0 Å². The maximum atomic E-state index is 12.1. The molecule has 38 heavy (non-hydrogen) atoms. The van der Waals surface area contributed by atoms with Gasteiger partial charge in [0.2, 0.25) is 12.1 Å². The molecule has 0 aliphatic carbocycles. The van der Waals surface area contributed by atoms with Gasteiger partial charge in [-0.2, -0.15) is 0 Å². The van der Waals surface area contributed by atoms with Crippen LogP contribution in [-0.2, 0) is 61.9 Å². The normalized spacial score (nSPS) is 34.6. The first-order chi connectivity index (χ1) is 17.7. The zero-order valence-corrected chi connectivity index (χ0v) is 27.1. The van der Waals surface area contributed by atoms with Crippen LogP contribution in [0.1, 0.15) is 34.6 Å². The van der Waals surface area contributed by atoms with E-state index in [0.29, 0.717) is 4.43 Å². The first kappa shape index (κ1) is 33.4. The SMILES string of the molecule is CC(=O)OC[C@H]1O[C@H](O[C@]2(CI)O[C@H](CI)[C@@H](OC(C)=O)[C@@H]2OC(C)=O)[C@H](OC(C)=O)[C@@H](OC(C)=O)[C@@H]1Br. The number of hydrogen-bond donors (Lipinski definition) is 0. The van der Waals surface area contributed by atoms with Crippen molar-refractivity contribution < 1.29 is 61.9 Å². The second kappa shape index (κ2) is 14.7. The maximum Gasteiger partial charge on any atom is 0.303 e. The number of carbonyl (C=O) groups is 5. The molecule has 0 aromatic carbocycles. The van der Waals surface area contributed by atoms with Gasteiger partial charge < -0.3 is 37.9 Å². The molecule has 0 unspecified atom stereocenters. The summed E-state index contributed by atoms with van der Waals surface area (Å²) in [7, 11) is 0. The van der Waals surface area contributed by atoms with Crippen molar-refractivity contribution in [2.75, 3.05) is 15.5 Å². The Labute approximate surface area is 254 Å². The molecule has 0 aromatic rings. The fraction of sp³-hybridized carbons (Fsp3) is 0.773. The van der Waals surface area contributed by atoms with Crippen molar-refractivity contribution in [2.45, 2.75) is 88.1 Å². The van der Waals surface area contributed by atoms with Crippen LogP contribution < -0.4 is 0 Å². The van der Waals surface area contributed by atoms with E-state index in [-0.39, 0.29) is 11.0 Å². The molecule has 2 fully saturated rings. The van der Waals surface area contributed by atoms with Crippen molar-refractivity contribution in [2.24, 2.45) is 0 Å². The molecule has 16 heteroatoms. The molecule has 2 saturated heterocycles. The third-order valence-electron chi connectivity index (χ3n) is 5.32. The molecule has 0 saturated carbocycles. The molecule has 0 N–H and O–H groups in total. The van der Waals surface area contributed by atoms with Gasteiger partial charge in [-0.3, -0.25) is 24.0 Å². The van der Waals surface area contributed by atoms with Crippen LogP contribution in [0.25, 0.3) is 0 Å².